The van der Waals surface area contributed by atoms with E-state index >= 15 is 0 Å². The van der Waals surface area contributed by atoms with Gasteiger partial charge in [-0.2, -0.15) is 0 Å². The van der Waals surface area contributed by atoms with Crippen molar-refractivity contribution in [2.75, 3.05) is 0 Å². The van der Waals surface area contributed by atoms with Crippen molar-refractivity contribution in [1.29, 1.82) is 0 Å². The van der Waals surface area contributed by atoms with Crippen LogP contribution in [0, 0.1) is 4.97 Å². The minimum Gasteiger partial charge on any atom is 1.00 e. The molecule has 0 saturated carbocycles. The quantitative estimate of drug-likeness (QED) is 0.536. The molecule has 0 fully saturated rings. The Bertz CT molecular complexity index is 397. The molecular formula is C14H11CuSe2. The van der Waals surface area contributed by atoms with E-state index in [9.17, 15) is 0 Å². The van der Waals surface area contributed by atoms with E-state index in [1.165, 1.54) is 8.92 Å². The third-order valence-corrected chi connectivity index (χ3v) is 5.86. The second kappa shape index (κ2) is 8.77. The van der Waals surface area contributed by atoms with Gasteiger partial charge in [0.2, 0.25) is 0 Å². The van der Waals surface area contributed by atoms with Crippen molar-refractivity contribution in [2.45, 2.75) is 0 Å². The summed E-state index contributed by atoms with van der Waals surface area (Å²) in [5.41, 5.74) is 0. The van der Waals surface area contributed by atoms with Gasteiger partial charge in [0.1, 0.15) is 0 Å². The van der Waals surface area contributed by atoms with Crippen LogP contribution in [0.2, 0.25) is 0 Å². The standard InChI is InChI=1S/C14H11Se2.Cu/c1-3-7-13(8-4-1)15-11-12-16-14-9-5-2-6-10-14;/h1-11H;/q-1;+1. The molecular weight excluding hydrogens is 390 g/mol. The second-order valence-corrected chi connectivity index (χ2v) is 6.97. The van der Waals surface area contributed by atoms with Crippen LogP contribution < -0.4 is 8.92 Å². The van der Waals surface area contributed by atoms with Crippen molar-refractivity contribution < 1.29 is 17.1 Å². The zero-order chi connectivity index (χ0) is 11.1. The van der Waals surface area contributed by atoms with Crippen LogP contribution in [0.15, 0.2) is 65.6 Å². The van der Waals surface area contributed by atoms with Gasteiger partial charge in [0, 0.05) is 0 Å². The molecule has 0 aromatic heterocycles. The van der Waals surface area contributed by atoms with Crippen LogP contribution in [0.3, 0.4) is 0 Å². The normalized spacial score (nSPS) is 10.1. The Morgan fingerprint density at radius 1 is 0.765 bits per heavy atom. The van der Waals surface area contributed by atoms with Gasteiger partial charge in [-0.25, -0.2) is 0 Å². The van der Waals surface area contributed by atoms with Gasteiger partial charge in [0.15, 0.2) is 0 Å². The van der Waals surface area contributed by atoms with Crippen LogP contribution in [0.1, 0.15) is 0 Å². The largest absolute Gasteiger partial charge is 1.00 e. The molecule has 0 unspecified atom stereocenters. The third kappa shape index (κ3) is 5.75. The van der Waals surface area contributed by atoms with Crippen molar-refractivity contribution >= 4 is 38.8 Å². The van der Waals surface area contributed by atoms with E-state index in [0.717, 1.165) is 0 Å². The Balaban J connectivity index is 0.00000144. The van der Waals surface area contributed by atoms with Gasteiger partial charge in [-0.05, 0) is 0 Å². The van der Waals surface area contributed by atoms with E-state index in [1.807, 2.05) is 0 Å². The number of rotatable bonds is 4. The molecule has 0 atom stereocenters. The third-order valence-electron chi connectivity index (χ3n) is 1.91. The minimum atomic E-state index is 0. The fraction of sp³-hybridized carbons (Fsp3) is 0. The molecule has 0 nitrogen and oxygen atoms in total. The zero-order valence-corrected chi connectivity index (χ0v) is 13.3. The first kappa shape index (κ1) is 14.8. The van der Waals surface area contributed by atoms with E-state index in [0.29, 0.717) is 29.9 Å². The predicted octanol–water partition coefficient (Wildman–Crippen LogP) is 1.32. The van der Waals surface area contributed by atoms with Crippen LogP contribution in [-0.4, -0.2) is 29.9 Å². The van der Waals surface area contributed by atoms with Crippen LogP contribution in [0.5, 0.6) is 0 Å². The summed E-state index contributed by atoms with van der Waals surface area (Å²) in [6.45, 7) is 0. The molecule has 0 aliphatic carbocycles. The van der Waals surface area contributed by atoms with Gasteiger partial charge >= 0.3 is 127 Å². The molecule has 0 N–H and O–H groups in total. The Hall–Kier alpha value is -0.262. The summed E-state index contributed by atoms with van der Waals surface area (Å²) in [4.78, 5) is 5.62. The Morgan fingerprint density at radius 3 is 1.88 bits per heavy atom. The molecule has 0 radical (unpaired) electrons. The van der Waals surface area contributed by atoms with Crippen molar-refractivity contribution in [3.63, 3.8) is 0 Å². The van der Waals surface area contributed by atoms with E-state index < -0.39 is 0 Å². The van der Waals surface area contributed by atoms with Crippen molar-refractivity contribution in [3.8, 4) is 0 Å². The molecule has 0 bridgehead atoms. The second-order valence-electron chi connectivity index (χ2n) is 3.08. The smallest absolute Gasteiger partial charge is 1.00 e. The molecule has 0 saturated heterocycles. The predicted molar refractivity (Wildman–Crippen MR) is 71.5 cm³/mol. The molecule has 0 aliphatic rings. The van der Waals surface area contributed by atoms with E-state index in [-0.39, 0.29) is 17.1 Å². The summed E-state index contributed by atoms with van der Waals surface area (Å²) < 4.78 is 2.79. The maximum Gasteiger partial charge on any atom is 1.00 e. The van der Waals surface area contributed by atoms with Crippen molar-refractivity contribution in [1.82, 2.24) is 0 Å². The number of hydrogen-bond donors (Lipinski definition) is 0. The molecule has 90 valence electrons. The summed E-state index contributed by atoms with van der Waals surface area (Å²) in [5.74, 6) is 0. The molecule has 17 heavy (non-hydrogen) atoms. The summed E-state index contributed by atoms with van der Waals surface area (Å²) in [6, 6.07) is 21.1. The maximum absolute atomic E-state index is 3.42. The number of benzene rings is 2. The van der Waals surface area contributed by atoms with Crippen molar-refractivity contribution in [3.05, 3.63) is 70.6 Å². The zero-order valence-electron chi connectivity index (χ0n) is 8.97. The molecule has 2 rings (SSSR count). The Morgan fingerprint density at radius 2 is 1.29 bits per heavy atom. The maximum atomic E-state index is 3.42. The SMILES string of the molecule is [C-](=C[Se]c1ccccc1)[Se]c1ccccc1.[Cu+]. The van der Waals surface area contributed by atoms with Gasteiger partial charge < -0.3 is 0 Å². The molecule has 2 aromatic rings. The number of hydrogen-bond acceptors (Lipinski definition) is 0. The van der Waals surface area contributed by atoms with Gasteiger partial charge in [-0.3, -0.25) is 0 Å². The monoisotopic (exact) mass is 402 g/mol. The molecule has 3 heteroatoms. The van der Waals surface area contributed by atoms with Crippen LogP contribution >= 0.6 is 0 Å². The Kier molecular flexibility index (Phi) is 7.64. The van der Waals surface area contributed by atoms with Gasteiger partial charge in [-0.1, -0.05) is 0 Å². The topological polar surface area (TPSA) is 0 Å². The van der Waals surface area contributed by atoms with Crippen LogP contribution in [-0.2, 0) is 17.1 Å². The van der Waals surface area contributed by atoms with E-state index in [1.54, 1.807) is 0 Å². The van der Waals surface area contributed by atoms with Gasteiger partial charge in [0.25, 0.3) is 0 Å². The van der Waals surface area contributed by atoms with Gasteiger partial charge in [-0.15, -0.1) is 0 Å². The average molecular weight is 401 g/mol. The minimum absolute atomic E-state index is 0. The molecule has 0 spiro atoms. The average Bonchev–Trinajstić information content (AvgIpc) is 2.37. The summed E-state index contributed by atoms with van der Waals surface area (Å²) in [6.07, 6.45) is 0. The van der Waals surface area contributed by atoms with E-state index in [2.05, 4.69) is 70.6 Å². The first-order valence-electron chi connectivity index (χ1n) is 4.96. The summed E-state index contributed by atoms with van der Waals surface area (Å²) in [5, 5.41) is 0. The fourth-order valence-electron chi connectivity index (χ4n) is 1.17. The molecule has 0 aliphatic heterocycles. The van der Waals surface area contributed by atoms with Crippen LogP contribution in [0.25, 0.3) is 0 Å². The van der Waals surface area contributed by atoms with Gasteiger partial charge in [0.05, 0.1) is 0 Å². The first-order chi connectivity index (χ1) is 7.95. The van der Waals surface area contributed by atoms with E-state index in [4.69, 9.17) is 0 Å². The summed E-state index contributed by atoms with van der Waals surface area (Å²) in [7, 11) is 0. The first-order valence-corrected chi connectivity index (χ1v) is 8.52. The Labute approximate surface area is 126 Å². The van der Waals surface area contributed by atoms with Crippen molar-refractivity contribution in [2.24, 2.45) is 0 Å². The summed E-state index contributed by atoms with van der Waals surface area (Å²) >= 11 is 0.787. The fourth-order valence-corrected chi connectivity index (χ4v) is 4.27. The van der Waals surface area contributed by atoms with Crippen LogP contribution in [0.4, 0.5) is 0 Å². The molecule has 0 amide bonds. The molecule has 2 aromatic carbocycles. The molecule has 0 heterocycles.